The van der Waals surface area contributed by atoms with E-state index in [0.717, 1.165) is 27.1 Å². The van der Waals surface area contributed by atoms with Gasteiger partial charge in [0.05, 0.1) is 6.54 Å². The zero-order chi connectivity index (χ0) is 18.1. The van der Waals surface area contributed by atoms with E-state index in [-0.39, 0.29) is 6.04 Å². The van der Waals surface area contributed by atoms with Gasteiger partial charge in [0.25, 0.3) is 0 Å². The van der Waals surface area contributed by atoms with Gasteiger partial charge in [-0.3, -0.25) is 0 Å². The summed E-state index contributed by atoms with van der Waals surface area (Å²) >= 11 is 9.65. The summed E-state index contributed by atoms with van der Waals surface area (Å²) in [7, 11) is 0. The molecule has 26 heavy (non-hydrogen) atoms. The average molecular weight is 432 g/mol. The minimum atomic E-state index is -0.199. The summed E-state index contributed by atoms with van der Waals surface area (Å²) in [6.07, 6.45) is 1.84. The number of halogens is 2. The van der Waals surface area contributed by atoms with Crippen molar-refractivity contribution in [2.24, 2.45) is 5.73 Å². The van der Waals surface area contributed by atoms with Crippen LogP contribution >= 0.6 is 27.5 Å². The van der Waals surface area contributed by atoms with Gasteiger partial charge in [0.1, 0.15) is 17.6 Å². The quantitative estimate of drug-likeness (QED) is 0.580. The van der Waals surface area contributed by atoms with Crippen LogP contribution in [0.5, 0.6) is 0 Å². The van der Waals surface area contributed by atoms with Crippen molar-refractivity contribution in [3.05, 3.63) is 93.4 Å². The average Bonchev–Trinajstić information content (AvgIpc) is 3.24. The summed E-state index contributed by atoms with van der Waals surface area (Å²) in [5.74, 6) is 1.87. The van der Waals surface area contributed by atoms with Crippen LogP contribution in [0.1, 0.15) is 17.4 Å². The molecule has 0 aliphatic carbocycles. The van der Waals surface area contributed by atoms with Crippen LogP contribution in [0, 0.1) is 0 Å². The third-order valence-corrected chi connectivity index (χ3v) is 5.18. The van der Waals surface area contributed by atoms with Gasteiger partial charge in [0.2, 0.25) is 5.88 Å². The van der Waals surface area contributed by atoms with E-state index >= 15 is 0 Å². The van der Waals surface area contributed by atoms with Gasteiger partial charge < -0.3 is 15.0 Å². The van der Waals surface area contributed by atoms with Gasteiger partial charge in [-0.25, -0.2) is 0 Å². The number of benzene rings is 2. The highest BCUT2D eigenvalue weighted by Crippen LogP contribution is 2.35. The molecule has 0 saturated heterocycles. The molecule has 3 aromatic rings. The van der Waals surface area contributed by atoms with Gasteiger partial charge in [-0.1, -0.05) is 57.9 Å². The lowest BCUT2D eigenvalue weighted by Crippen LogP contribution is -2.23. The Hall–Kier alpha value is -2.21. The molecule has 1 aliphatic heterocycles. The van der Waals surface area contributed by atoms with Crippen molar-refractivity contribution in [3.8, 4) is 11.3 Å². The van der Waals surface area contributed by atoms with Crippen LogP contribution in [0.3, 0.4) is 0 Å². The minimum absolute atomic E-state index is 0.199. The topological polar surface area (TPSA) is 51.6 Å². The number of rotatable bonds is 4. The first-order valence-electron chi connectivity index (χ1n) is 8.11. The molecule has 2 aromatic carbocycles. The van der Waals surface area contributed by atoms with Gasteiger partial charge in [-0.05, 0) is 35.9 Å². The first-order valence-corrected chi connectivity index (χ1v) is 9.28. The molecule has 1 atom stereocenters. The molecule has 0 amide bonds. The van der Waals surface area contributed by atoms with Crippen LogP contribution in [-0.2, 0) is 11.4 Å². The summed E-state index contributed by atoms with van der Waals surface area (Å²) in [5, 5.41) is 2.47. The molecule has 0 spiro atoms. The molecule has 132 valence electrons. The third kappa shape index (κ3) is 3.51. The van der Waals surface area contributed by atoms with Crippen LogP contribution in [0.15, 0.2) is 81.5 Å². The Morgan fingerprint density at radius 3 is 2.73 bits per heavy atom. The summed E-state index contributed by atoms with van der Waals surface area (Å²) in [6.45, 7) is 0.566. The Kier molecular flexibility index (Phi) is 4.76. The number of nitrogens with zero attached hydrogens (tertiary/aromatic N) is 1. The second-order valence-electron chi connectivity index (χ2n) is 5.98. The van der Waals surface area contributed by atoms with Gasteiger partial charge >= 0.3 is 0 Å². The highest BCUT2D eigenvalue weighted by atomic mass is 79.9. The summed E-state index contributed by atoms with van der Waals surface area (Å²) in [5.41, 5.74) is 7.94. The lowest BCUT2D eigenvalue weighted by molar-refractivity contribution is -0.131. The fourth-order valence-electron chi connectivity index (χ4n) is 2.92. The zero-order valence-electron chi connectivity index (χ0n) is 13.7. The molecule has 1 aliphatic rings. The van der Waals surface area contributed by atoms with Gasteiger partial charge in [-0.15, -0.1) is 5.06 Å². The maximum absolute atomic E-state index is 6.08. The number of hydrogen-bond donors (Lipinski definition) is 1. The van der Waals surface area contributed by atoms with Crippen LogP contribution in [0.4, 0.5) is 0 Å². The summed E-state index contributed by atoms with van der Waals surface area (Å²) in [6, 6.07) is 19.2. The maximum Gasteiger partial charge on any atom is 0.207 e. The zero-order valence-corrected chi connectivity index (χ0v) is 16.1. The lowest BCUT2D eigenvalue weighted by Gasteiger charge is -2.21. The Morgan fingerprint density at radius 2 is 1.92 bits per heavy atom. The van der Waals surface area contributed by atoms with Crippen LogP contribution in [0.2, 0.25) is 5.02 Å². The molecule has 4 nitrogen and oxygen atoms in total. The lowest BCUT2D eigenvalue weighted by atomic mass is 10.1. The predicted octanol–water partition coefficient (Wildman–Crippen LogP) is 5.65. The van der Waals surface area contributed by atoms with Crippen molar-refractivity contribution in [2.75, 3.05) is 0 Å². The molecular weight excluding hydrogens is 416 g/mol. The van der Waals surface area contributed by atoms with Crippen molar-refractivity contribution in [3.63, 3.8) is 0 Å². The summed E-state index contributed by atoms with van der Waals surface area (Å²) in [4.78, 5) is 5.69. The monoisotopic (exact) mass is 430 g/mol. The molecule has 2 heterocycles. The van der Waals surface area contributed by atoms with E-state index in [2.05, 4.69) is 15.9 Å². The van der Waals surface area contributed by atoms with E-state index in [1.54, 1.807) is 5.06 Å². The van der Waals surface area contributed by atoms with E-state index in [0.29, 0.717) is 17.5 Å². The second kappa shape index (κ2) is 7.19. The molecule has 2 N–H and O–H groups in total. The Bertz CT molecular complexity index is 970. The van der Waals surface area contributed by atoms with E-state index in [4.69, 9.17) is 26.6 Å². The Balaban J connectivity index is 1.60. The third-order valence-electron chi connectivity index (χ3n) is 4.17. The molecule has 0 radical (unpaired) electrons. The predicted molar refractivity (Wildman–Crippen MR) is 105 cm³/mol. The van der Waals surface area contributed by atoms with Gasteiger partial charge in [-0.2, -0.15) is 0 Å². The van der Waals surface area contributed by atoms with Crippen molar-refractivity contribution < 1.29 is 9.25 Å². The number of nitrogens with two attached hydrogens (primary N) is 1. The summed E-state index contributed by atoms with van der Waals surface area (Å²) < 4.78 is 7.08. The Labute approximate surface area is 164 Å². The molecule has 4 rings (SSSR count). The van der Waals surface area contributed by atoms with E-state index in [1.165, 1.54) is 0 Å². The first kappa shape index (κ1) is 17.2. The fraction of sp³-hybridized carbons (Fsp3) is 0.100. The highest BCUT2D eigenvalue weighted by molar-refractivity contribution is 9.10. The van der Waals surface area contributed by atoms with Gasteiger partial charge in [0.15, 0.2) is 0 Å². The normalized spacial score (nSPS) is 17.2. The highest BCUT2D eigenvalue weighted by Gasteiger charge is 2.30. The van der Waals surface area contributed by atoms with Gasteiger partial charge in [0, 0.05) is 21.1 Å². The number of furan rings is 1. The second-order valence-corrected chi connectivity index (χ2v) is 7.27. The van der Waals surface area contributed by atoms with Crippen molar-refractivity contribution in [2.45, 2.75) is 12.6 Å². The molecule has 0 saturated carbocycles. The van der Waals surface area contributed by atoms with Crippen LogP contribution in [0.25, 0.3) is 11.3 Å². The maximum atomic E-state index is 6.08. The standard InChI is InChI=1S/C20H16BrClN2O2/c21-16-7-2-1-4-14(16)12-24-17(11-20(23)26-24)19-9-8-18(25-19)13-5-3-6-15(22)10-13/h1-11,17H,12,23H2. The number of hydrogen-bond acceptors (Lipinski definition) is 4. The van der Waals surface area contributed by atoms with E-state index in [9.17, 15) is 0 Å². The molecule has 6 heteroatoms. The smallest absolute Gasteiger partial charge is 0.207 e. The van der Waals surface area contributed by atoms with E-state index in [1.807, 2.05) is 66.7 Å². The minimum Gasteiger partial charge on any atom is -0.459 e. The fourth-order valence-corrected chi connectivity index (χ4v) is 3.52. The molecule has 0 bridgehead atoms. The Morgan fingerprint density at radius 1 is 1.08 bits per heavy atom. The molecular formula is C20H16BrClN2O2. The SMILES string of the molecule is NC1=CC(c2ccc(-c3cccc(Cl)c3)o2)N(Cc2ccccc2Br)O1. The van der Waals surface area contributed by atoms with Crippen LogP contribution in [-0.4, -0.2) is 5.06 Å². The largest absolute Gasteiger partial charge is 0.459 e. The molecule has 0 fully saturated rings. The van der Waals surface area contributed by atoms with E-state index < -0.39 is 0 Å². The molecule has 1 aromatic heterocycles. The van der Waals surface area contributed by atoms with Crippen molar-refractivity contribution in [1.82, 2.24) is 5.06 Å². The van der Waals surface area contributed by atoms with Crippen molar-refractivity contribution >= 4 is 27.5 Å². The molecule has 1 unspecified atom stereocenters. The van der Waals surface area contributed by atoms with Crippen molar-refractivity contribution in [1.29, 1.82) is 0 Å². The van der Waals surface area contributed by atoms with Crippen LogP contribution < -0.4 is 5.73 Å². The first-order chi connectivity index (χ1) is 12.6. The number of hydroxylamine groups is 2.